The van der Waals surface area contributed by atoms with Crippen molar-refractivity contribution in [3.63, 3.8) is 0 Å². The number of benzene rings is 1. The number of carbonyl (C=O) groups is 1. The average Bonchev–Trinajstić information content (AvgIpc) is 2.42. The Hall–Kier alpha value is -1.10. The minimum atomic E-state index is -0.00697. The van der Waals surface area contributed by atoms with Gasteiger partial charge in [-0.25, -0.2) is 0 Å². The average molecular weight is 298 g/mol. The maximum absolute atomic E-state index is 12.3. The molecule has 4 nitrogen and oxygen atoms in total. The second kappa shape index (κ2) is 7.07. The van der Waals surface area contributed by atoms with Gasteiger partial charge < -0.3 is 14.4 Å². The lowest BCUT2D eigenvalue weighted by molar-refractivity contribution is -0.123. The number of ether oxygens (including phenoxy) is 2. The van der Waals surface area contributed by atoms with Gasteiger partial charge in [-0.2, -0.15) is 0 Å². The molecule has 0 unspecified atom stereocenters. The highest BCUT2D eigenvalue weighted by molar-refractivity contribution is 6.30. The van der Waals surface area contributed by atoms with Gasteiger partial charge in [-0.3, -0.25) is 4.79 Å². The van der Waals surface area contributed by atoms with Crippen LogP contribution in [-0.2, 0) is 20.7 Å². The van der Waals surface area contributed by atoms with Crippen LogP contribution in [0.5, 0.6) is 0 Å². The first-order valence-corrected chi connectivity index (χ1v) is 7.17. The van der Waals surface area contributed by atoms with Gasteiger partial charge in [0.25, 0.3) is 5.91 Å². The predicted octanol–water partition coefficient (Wildman–Crippen LogP) is 2.59. The van der Waals surface area contributed by atoms with Crippen LogP contribution in [0.25, 0.3) is 0 Å². The molecule has 5 heteroatoms. The fourth-order valence-electron chi connectivity index (χ4n) is 2.55. The first-order valence-electron chi connectivity index (χ1n) is 6.79. The molecular weight excluding hydrogens is 278 g/mol. The van der Waals surface area contributed by atoms with E-state index in [-0.39, 0.29) is 12.5 Å². The summed E-state index contributed by atoms with van der Waals surface area (Å²) in [5, 5.41) is 0.729. The Balaban J connectivity index is 2.10. The highest BCUT2D eigenvalue weighted by atomic mass is 35.5. The molecule has 0 N–H and O–H groups in total. The first kappa shape index (κ1) is 15.3. The zero-order chi connectivity index (χ0) is 14.5. The molecule has 1 heterocycles. The molecule has 0 atom stereocenters. The van der Waals surface area contributed by atoms with Gasteiger partial charge in [-0.05, 0) is 43.0 Å². The summed E-state index contributed by atoms with van der Waals surface area (Å²) in [6.07, 6.45) is 1.92. The number of carbonyl (C=O) groups excluding carboxylic acids is 1. The van der Waals surface area contributed by atoms with E-state index in [2.05, 4.69) is 0 Å². The quantitative estimate of drug-likeness (QED) is 0.784. The van der Waals surface area contributed by atoms with E-state index < -0.39 is 0 Å². The summed E-state index contributed by atoms with van der Waals surface area (Å²) in [5.41, 5.74) is 3.19. The molecule has 1 aliphatic heterocycles. The lowest BCUT2D eigenvalue weighted by Gasteiger charge is -2.31. The Labute approximate surface area is 124 Å². The van der Waals surface area contributed by atoms with E-state index in [1.807, 2.05) is 24.0 Å². The van der Waals surface area contributed by atoms with Crippen molar-refractivity contribution in [1.29, 1.82) is 0 Å². The number of hydrogen-bond acceptors (Lipinski definition) is 3. The lowest BCUT2D eigenvalue weighted by atomic mass is 9.98. The highest BCUT2D eigenvalue weighted by Crippen LogP contribution is 2.33. The Kier molecular flexibility index (Phi) is 5.40. The number of anilines is 1. The SMILES string of the molecule is COCCOCC(=O)N1CCCc2cc(Cl)cc(C)c21. The molecule has 1 amide bonds. The third-order valence-corrected chi connectivity index (χ3v) is 3.62. The second-order valence-corrected chi connectivity index (χ2v) is 5.36. The second-order valence-electron chi connectivity index (χ2n) is 4.92. The maximum atomic E-state index is 12.3. The Morgan fingerprint density at radius 2 is 2.20 bits per heavy atom. The van der Waals surface area contributed by atoms with E-state index in [0.29, 0.717) is 13.2 Å². The summed E-state index contributed by atoms with van der Waals surface area (Å²) in [5.74, 6) is -0.00697. The maximum Gasteiger partial charge on any atom is 0.252 e. The summed E-state index contributed by atoms with van der Waals surface area (Å²) in [7, 11) is 1.61. The van der Waals surface area contributed by atoms with Crippen molar-refractivity contribution in [3.05, 3.63) is 28.3 Å². The molecule has 0 saturated carbocycles. The minimum absolute atomic E-state index is 0.00697. The Morgan fingerprint density at radius 1 is 1.40 bits per heavy atom. The third kappa shape index (κ3) is 3.51. The fourth-order valence-corrected chi connectivity index (χ4v) is 2.85. The number of amides is 1. The summed E-state index contributed by atoms with van der Waals surface area (Å²) < 4.78 is 10.2. The molecule has 0 aromatic heterocycles. The molecule has 0 bridgehead atoms. The monoisotopic (exact) mass is 297 g/mol. The number of fused-ring (bicyclic) bond motifs is 1. The van der Waals surface area contributed by atoms with Gasteiger partial charge in [-0.15, -0.1) is 0 Å². The molecule has 0 fully saturated rings. The molecule has 110 valence electrons. The van der Waals surface area contributed by atoms with Crippen LogP contribution in [0.15, 0.2) is 12.1 Å². The first-order chi connectivity index (χ1) is 9.63. The number of hydrogen-bond donors (Lipinski definition) is 0. The van der Waals surface area contributed by atoms with Crippen LogP contribution < -0.4 is 4.90 Å². The van der Waals surface area contributed by atoms with Crippen LogP contribution in [0.4, 0.5) is 5.69 Å². The Morgan fingerprint density at radius 3 is 2.95 bits per heavy atom. The van der Waals surface area contributed by atoms with E-state index in [1.54, 1.807) is 7.11 Å². The molecule has 0 spiro atoms. The molecule has 1 aromatic rings. The van der Waals surface area contributed by atoms with Gasteiger partial charge >= 0.3 is 0 Å². The van der Waals surface area contributed by atoms with Crippen molar-refractivity contribution in [2.75, 3.05) is 38.4 Å². The molecular formula is C15H20ClNO3. The third-order valence-electron chi connectivity index (χ3n) is 3.40. The van der Waals surface area contributed by atoms with Gasteiger partial charge in [0.2, 0.25) is 0 Å². The Bertz CT molecular complexity index is 490. The normalized spacial score (nSPS) is 14.2. The molecule has 0 aliphatic carbocycles. The number of halogens is 1. The van der Waals surface area contributed by atoms with E-state index >= 15 is 0 Å². The summed E-state index contributed by atoms with van der Waals surface area (Å²) >= 11 is 6.09. The van der Waals surface area contributed by atoms with Crippen molar-refractivity contribution >= 4 is 23.2 Å². The molecule has 0 radical (unpaired) electrons. The zero-order valence-corrected chi connectivity index (χ0v) is 12.7. The van der Waals surface area contributed by atoms with Crippen molar-refractivity contribution in [1.82, 2.24) is 0 Å². The topological polar surface area (TPSA) is 38.8 Å². The van der Waals surface area contributed by atoms with E-state index in [1.165, 1.54) is 0 Å². The van der Waals surface area contributed by atoms with Crippen LogP contribution in [0.1, 0.15) is 17.5 Å². The van der Waals surface area contributed by atoms with Crippen LogP contribution >= 0.6 is 11.6 Å². The van der Waals surface area contributed by atoms with Gasteiger partial charge in [0.1, 0.15) is 6.61 Å². The fraction of sp³-hybridized carbons (Fsp3) is 0.533. The standard InChI is InChI=1S/C15H20ClNO3/c1-11-8-13(16)9-12-4-3-5-17(15(11)12)14(18)10-20-7-6-19-2/h8-9H,3-7,10H2,1-2H3. The van der Waals surface area contributed by atoms with Gasteiger partial charge in [0.15, 0.2) is 0 Å². The summed E-state index contributed by atoms with van der Waals surface area (Å²) in [6.45, 7) is 3.75. The van der Waals surface area contributed by atoms with Gasteiger partial charge in [0.05, 0.1) is 13.2 Å². The van der Waals surface area contributed by atoms with Crippen LogP contribution in [0, 0.1) is 6.92 Å². The van der Waals surface area contributed by atoms with E-state index in [4.69, 9.17) is 21.1 Å². The van der Waals surface area contributed by atoms with Gasteiger partial charge in [0, 0.05) is 24.4 Å². The van der Waals surface area contributed by atoms with Crippen LogP contribution in [-0.4, -0.2) is 39.4 Å². The van der Waals surface area contributed by atoms with Gasteiger partial charge in [-0.1, -0.05) is 11.6 Å². The minimum Gasteiger partial charge on any atom is -0.382 e. The molecule has 20 heavy (non-hydrogen) atoms. The van der Waals surface area contributed by atoms with Crippen molar-refractivity contribution < 1.29 is 14.3 Å². The van der Waals surface area contributed by atoms with Crippen LogP contribution in [0.2, 0.25) is 5.02 Å². The highest BCUT2D eigenvalue weighted by Gasteiger charge is 2.24. The number of nitrogens with zero attached hydrogens (tertiary/aromatic N) is 1. The largest absolute Gasteiger partial charge is 0.382 e. The number of aryl methyl sites for hydroxylation is 2. The number of methoxy groups -OCH3 is 1. The molecule has 2 rings (SSSR count). The smallest absolute Gasteiger partial charge is 0.252 e. The van der Waals surface area contributed by atoms with Crippen molar-refractivity contribution in [2.45, 2.75) is 19.8 Å². The lowest BCUT2D eigenvalue weighted by Crippen LogP contribution is -2.38. The summed E-state index contributed by atoms with van der Waals surface area (Å²) in [4.78, 5) is 14.1. The van der Waals surface area contributed by atoms with Crippen molar-refractivity contribution in [2.24, 2.45) is 0 Å². The molecule has 1 aliphatic rings. The van der Waals surface area contributed by atoms with E-state index in [9.17, 15) is 4.79 Å². The predicted molar refractivity (Wildman–Crippen MR) is 79.6 cm³/mol. The van der Waals surface area contributed by atoms with E-state index in [0.717, 1.165) is 41.2 Å². The molecule has 1 aromatic carbocycles. The number of rotatable bonds is 5. The van der Waals surface area contributed by atoms with Crippen molar-refractivity contribution in [3.8, 4) is 0 Å². The summed E-state index contributed by atoms with van der Waals surface area (Å²) in [6, 6.07) is 3.85. The molecule has 0 saturated heterocycles. The van der Waals surface area contributed by atoms with Crippen LogP contribution in [0.3, 0.4) is 0 Å². The zero-order valence-electron chi connectivity index (χ0n) is 11.9.